The maximum Gasteiger partial charge on any atom is 0.262 e. The molecular formula is C23H24N2O5S. The molecular weight excluding hydrogens is 416 g/mol. The molecule has 0 fully saturated rings. The summed E-state index contributed by atoms with van der Waals surface area (Å²) in [6.07, 6.45) is 0. The Morgan fingerprint density at radius 3 is 2.39 bits per heavy atom. The van der Waals surface area contributed by atoms with Crippen molar-refractivity contribution in [2.75, 3.05) is 23.8 Å². The van der Waals surface area contributed by atoms with Crippen LogP contribution < -0.4 is 19.5 Å². The highest BCUT2D eigenvalue weighted by Crippen LogP contribution is 2.23. The van der Waals surface area contributed by atoms with Crippen LogP contribution in [0, 0.1) is 13.8 Å². The second kappa shape index (κ2) is 9.53. The zero-order valence-corrected chi connectivity index (χ0v) is 18.3. The van der Waals surface area contributed by atoms with E-state index in [-0.39, 0.29) is 17.4 Å². The van der Waals surface area contributed by atoms with Crippen LogP contribution >= 0.6 is 0 Å². The van der Waals surface area contributed by atoms with Gasteiger partial charge in [-0.25, -0.2) is 8.42 Å². The summed E-state index contributed by atoms with van der Waals surface area (Å²) in [7, 11) is -2.20. The van der Waals surface area contributed by atoms with E-state index in [9.17, 15) is 13.2 Å². The Morgan fingerprint density at radius 2 is 1.68 bits per heavy atom. The molecule has 0 saturated carbocycles. The van der Waals surface area contributed by atoms with Crippen molar-refractivity contribution in [1.82, 2.24) is 0 Å². The van der Waals surface area contributed by atoms with Crippen LogP contribution in [0.1, 0.15) is 11.1 Å². The predicted molar refractivity (Wildman–Crippen MR) is 120 cm³/mol. The lowest BCUT2D eigenvalue weighted by molar-refractivity contribution is -0.118. The van der Waals surface area contributed by atoms with Crippen LogP contribution in [-0.4, -0.2) is 28.0 Å². The molecule has 3 aromatic carbocycles. The van der Waals surface area contributed by atoms with E-state index >= 15 is 0 Å². The van der Waals surface area contributed by atoms with Gasteiger partial charge in [-0.15, -0.1) is 0 Å². The number of methoxy groups -OCH3 is 1. The lowest BCUT2D eigenvalue weighted by atomic mass is 10.1. The predicted octanol–water partition coefficient (Wildman–Crippen LogP) is 4.13. The van der Waals surface area contributed by atoms with E-state index in [1.807, 2.05) is 26.0 Å². The van der Waals surface area contributed by atoms with Crippen LogP contribution in [-0.2, 0) is 14.8 Å². The molecule has 0 aliphatic rings. The number of carbonyl (C=O) groups excluding carboxylic acids is 1. The molecule has 0 aliphatic heterocycles. The van der Waals surface area contributed by atoms with Gasteiger partial charge in [-0.1, -0.05) is 18.2 Å². The molecule has 2 N–H and O–H groups in total. The Labute approximate surface area is 182 Å². The van der Waals surface area contributed by atoms with Gasteiger partial charge in [-0.3, -0.25) is 9.52 Å². The fourth-order valence-electron chi connectivity index (χ4n) is 2.81. The van der Waals surface area contributed by atoms with Crippen molar-refractivity contribution < 1.29 is 22.7 Å². The van der Waals surface area contributed by atoms with E-state index < -0.39 is 10.0 Å². The van der Waals surface area contributed by atoms with Crippen LogP contribution in [0.4, 0.5) is 11.4 Å². The number of aryl methyl sites for hydroxylation is 2. The van der Waals surface area contributed by atoms with Gasteiger partial charge >= 0.3 is 0 Å². The Balaban J connectivity index is 1.60. The Kier molecular flexibility index (Phi) is 6.81. The van der Waals surface area contributed by atoms with Crippen LogP contribution in [0.5, 0.6) is 11.5 Å². The summed E-state index contributed by atoms with van der Waals surface area (Å²) in [4.78, 5) is 12.2. The molecule has 162 valence electrons. The summed E-state index contributed by atoms with van der Waals surface area (Å²) < 4.78 is 38.5. The van der Waals surface area contributed by atoms with E-state index in [4.69, 9.17) is 9.47 Å². The molecule has 7 nitrogen and oxygen atoms in total. The minimum atomic E-state index is -3.74. The van der Waals surface area contributed by atoms with Gasteiger partial charge in [0, 0.05) is 11.8 Å². The molecule has 0 heterocycles. The van der Waals surface area contributed by atoms with Crippen LogP contribution in [0.15, 0.2) is 71.6 Å². The summed E-state index contributed by atoms with van der Waals surface area (Å²) in [5, 5.41) is 2.71. The Morgan fingerprint density at radius 1 is 0.935 bits per heavy atom. The summed E-state index contributed by atoms with van der Waals surface area (Å²) >= 11 is 0. The monoisotopic (exact) mass is 440 g/mol. The molecule has 8 heteroatoms. The molecule has 0 aromatic heterocycles. The smallest absolute Gasteiger partial charge is 0.262 e. The summed E-state index contributed by atoms with van der Waals surface area (Å²) in [6.45, 7) is 3.52. The number of carbonyl (C=O) groups is 1. The summed E-state index contributed by atoms with van der Waals surface area (Å²) in [6, 6.07) is 18.4. The molecule has 3 aromatic rings. The van der Waals surface area contributed by atoms with E-state index in [0.717, 1.165) is 11.1 Å². The number of sulfonamides is 1. The topological polar surface area (TPSA) is 93.7 Å². The largest absolute Gasteiger partial charge is 0.497 e. The number of hydrogen-bond acceptors (Lipinski definition) is 5. The van der Waals surface area contributed by atoms with Crippen LogP contribution in [0.3, 0.4) is 0 Å². The third-order valence-electron chi connectivity index (χ3n) is 4.49. The van der Waals surface area contributed by atoms with Gasteiger partial charge in [0.05, 0.1) is 17.7 Å². The lowest BCUT2D eigenvalue weighted by Crippen LogP contribution is -2.20. The van der Waals surface area contributed by atoms with Crippen molar-refractivity contribution in [3.63, 3.8) is 0 Å². The zero-order chi connectivity index (χ0) is 22.4. The molecule has 0 saturated heterocycles. The minimum absolute atomic E-state index is 0.0987. The number of amides is 1. The second-order valence-electron chi connectivity index (χ2n) is 6.96. The van der Waals surface area contributed by atoms with Crippen LogP contribution in [0.2, 0.25) is 0 Å². The minimum Gasteiger partial charge on any atom is -0.497 e. The van der Waals surface area contributed by atoms with E-state index in [2.05, 4.69) is 10.0 Å². The van der Waals surface area contributed by atoms with Crippen molar-refractivity contribution in [3.05, 3.63) is 77.9 Å². The highest BCUT2D eigenvalue weighted by molar-refractivity contribution is 7.92. The number of hydrogen-bond donors (Lipinski definition) is 2. The SMILES string of the molecule is COc1cccc(NC(=O)COc2ccc(S(=O)(=O)Nc3cc(C)ccc3C)cc2)c1. The van der Waals surface area contributed by atoms with Gasteiger partial charge in [-0.2, -0.15) is 0 Å². The normalized spacial score (nSPS) is 10.9. The number of ether oxygens (including phenoxy) is 2. The van der Waals surface area contributed by atoms with E-state index in [0.29, 0.717) is 22.9 Å². The van der Waals surface area contributed by atoms with Crippen molar-refractivity contribution in [2.24, 2.45) is 0 Å². The number of anilines is 2. The average molecular weight is 441 g/mol. The standard InChI is InChI=1S/C23H24N2O5S/c1-16-7-8-17(2)22(13-16)25-31(27,28)21-11-9-19(10-12-21)30-15-23(26)24-18-5-4-6-20(14-18)29-3/h4-14,25H,15H2,1-3H3,(H,24,26). The first-order valence-corrected chi connectivity index (χ1v) is 11.0. The summed E-state index contributed by atoms with van der Waals surface area (Å²) in [5.41, 5.74) is 2.91. The number of rotatable bonds is 8. The van der Waals surface area contributed by atoms with Gasteiger partial charge in [0.25, 0.3) is 15.9 Å². The second-order valence-corrected chi connectivity index (χ2v) is 8.65. The third-order valence-corrected chi connectivity index (χ3v) is 5.88. The first kappa shape index (κ1) is 22.2. The quantitative estimate of drug-likeness (QED) is 0.549. The molecule has 0 spiro atoms. The third kappa shape index (κ3) is 5.99. The van der Waals surface area contributed by atoms with Gasteiger partial charge in [-0.05, 0) is 67.4 Å². The maximum absolute atomic E-state index is 12.7. The zero-order valence-electron chi connectivity index (χ0n) is 17.5. The Hall–Kier alpha value is -3.52. The fourth-order valence-corrected chi connectivity index (χ4v) is 3.93. The lowest BCUT2D eigenvalue weighted by Gasteiger charge is -2.12. The molecule has 0 atom stereocenters. The molecule has 0 bridgehead atoms. The highest BCUT2D eigenvalue weighted by Gasteiger charge is 2.16. The van der Waals surface area contributed by atoms with Gasteiger partial charge in [0.1, 0.15) is 11.5 Å². The van der Waals surface area contributed by atoms with Crippen LogP contribution in [0.25, 0.3) is 0 Å². The Bertz CT molecular complexity index is 1170. The summed E-state index contributed by atoms with van der Waals surface area (Å²) in [5.74, 6) is 0.665. The van der Waals surface area contributed by atoms with Gasteiger partial charge in [0.15, 0.2) is 6.61 Å². The van der Waals surface area contributed by atoms with Crippen molar-refractivity contribution in [3.8, 4) is 11.5 Å². The number of benzene rings is 3. The van der Waals surface area contributed by atoms with Crippen molar-refractivity contribution in [1.29, 1.82) is 0 Å². The molecule has 0 unspecified atom stereocenters. The maximum atomic E-state index is 12.7. The molecule has 31 heavy (non-hydrogen) atoms. The first-order valence-electron chi connectivity index (χ1n) is 9.54. The average Bonchev–Trinajstić information content (AvgIpc) is 2.75. The highest BCUT2D eigenvalue weighted by atomic mass is 32.2. The molecule has 3 rings (SSSR count). The van der Waals surface area contributed by atoms with Gasteiger partial charge in [0.2, 0.25) is 0 Å². The molecule has 0 radical (unpaired) electrons. The van der Waals surface area contributed by atoms with Crippen molar-refractivity contribution in [2.45, 2.75) is 18.7 Å². The van der Waals surface area contributed by atoms with Crippen molar-refractivity contribution >= 4 is 27.3 Å². The molecule has 1 amide bonds. The molecule has 0 aliphatic carbocycles. The van der Waals surface area contributed by atoms with E-state index in [1.165, 1.54) is 24.3 Å². The number of nitrogens with one attached hydrogen (secondary N) is 2. The van der Waals surface area contributed by atoms with Gasteiger partial charge < -0.3 is 14.8 Å². The van der Waals surface area contributed by atoms with E-state index in [1.54, 1.807) is 37.4 Å². The fraction of sp³-hybridized carbons (Fsp3) is 0.174. The first-order chi connectivity index (χ1) is 14.8.